The summed E-state index contributed by atoms with van der Waals surface area (Å²) >= 11 is 4.89. The molecule has 0 amide bonds. The topological polar surface area (TPSA) is 37.3 Å². The van der Waals surface area contributed by atoms with E-state index < -0.39 is 5.97 Å². The molecule has 0 aliphatic heterocycles. The fourth-order valence-electron chi connectivity index (χ4n) is 1.53. The Morgan fingerprint density at radius 1 is 1.69 bits per heavy atom. The summed E-state index contributed by atoms with van der Waals surface area (Å²) in [5.74, 6) is -0.589. The number of carboxylic acid groups (broad SMARTS) is 1. The van der Waals surface area contributed by atoms with Gasteiger partial charge in [0.1, 0.15) is 0 Å². The summed E-state index contributed by atoms with van der Waals surface area (Å²) < 4.78 is 1.01. The lowest BCUT2D eigenvalue weighted by molar-refractivity contribution is -0.139. The average Bonchev–Trinajstić information content (AvgIpc) is 2.76. The van der Waals surface area contributed by atoms with Gasteiger partial charge in [-0.25, -0.2) is 0 Å². The Kier molecular flexibility index (Phi) is 2.43. The zero-order valence-electron chi connectivity index (χ0n) is 6.87. The van der Waals surface area contributed by atoms with Crippen LogP contribution in [0.15, 0.2) is 15.2 Å². The van der Waals surface area contributed by atoms with Gasteiger partial charge < -0.3 is 5.11 Å². The lowest BCUT2D eigenvalue weighted by Gasteiger charge is -2.07. The van der Waals surface area contributed by atoms with Crippen molar-refractivity contribution in [1.29, 1.82) is 0 Å². The molecule has 2 nitrogen and oxygen atoms in total. The van der Waals surface area contributed by atoms with Crippen molar-refractivity contribution in [2.24, 2.45) is 5.92 Å². The zero-order valence-corrected chi connectivity index (χ0v) is 9.27. The van der Waals surface area contributed by atoms with Gasteiger partial charge in [-0.3, -0.25) is 4.79 Å². The van der Waals surface area contributed by atoms with Crippen LogP contribution in [-0.4, -0.2) is 11.1 Å². The smallest absolute Gasteiger partial charge is 0.311 e. The van der Waals surface area contributed by atoms with Crippen molar-refractivity contribution in [2.75, 3.05) is 0 Å². The number of thiophene rings is 1. The highest BCUT2D eigenvalue weighted by atomic mass is 79.9. The first-order chi connectivity index (χ1) is 6.18. The van der Waals surface area contributed by atoms with Crippen LogP contribution in [0, 0.1) is 5.92 Å². The Bertz CT molecular complexity index is 330. The van der Waals surface area contributed by atoms with E-state index in [0.29, 0.717) is 5.92 Å². The van der Waals surface area contributed by atoms with Crippen LogP contribution in [0.4, 0.5) is 0 Å². The van der Waals surface area contributed by atoms with E-state index in [2.05, 4.69) is 15.9 Å². The Balaban J connectivity index is 2.24. The van der Waals surface area contributed by atoms with E-state index in [9.17, 15) is 4.79 Å². The van der Waals surface area contributed by atoms with Crippen LogP contribution in [0.5, 0.6) is 0 Å². The number of rotatable bonds is 3. The van der Waals surface area contributed by atoms with Gasteiger partial charge in [-0.1, -0.05) is 0 Å². The SMILES string of the molecule is O=C(O)C(c1csc(Br)c1)C1CC1. The molecule has 1 unspecified atom stereocenters. The molecule has 0 bridgehead atoms. The van der Waals surface area contributed by atoms with Gasteiger partial charge in [-0.15, -0.1) is 11.3 Å². The van der Waals surface area contributed by atoms with E-state index >= 15 is 0 Å². The Morgan fingerprint density at radius 2 is 2.38 bits per heavy atom. The number of halogens is 1. The second-order valence-corrected chi connectivity index (χ2v) is 5.63. The van der Waals surface area contributed by atoms with Crippen LogP contribution in [0.1, 0.15) is 24.3 Å². The molecule has 1 aliphatic rings. The van der Waals surface area contributed by atoms with E-state index in [1.165, 1.54) is 0 Å². The number of carboxylic acids is 1. The largest absolute Gasteiger partial charge is 0.481 e. The first-order valence-corrected chi connectivity index (χ1v) is 5.82. The minimum absolute atomic E-state index is 0.275. The standard InChI is InChI=1S/C9H9BrO2S/c10-7-3-6(4-13-7)8(9(11)12)5-1-2-5/h3-5,8H,1-2H2,(H,11,12). The summed E-state index contributed by atoms with van der Waals surface area (Å²) in [4.78, 5) is 11.0. The Morgan fingerprint density at radius 3 is 2.77 bits per heavy atom. The molecule has 4 heteroatoms. The molecule has 13 heavy (non-hydrogen) atoms. The summed E-state index contributed by atoms with van der Waals surface area (Å²) in [5, 5.41) is 11.0. The van der Waals surface area contributed by atoms with Crippen molar-refractivity contribution >= 4 is 33.2 Å². The van der Waals surface area contributed by atoms with Crippen molar-refractivity contribution in [3.8, 4) is 0 Å². The molecular formula is C9H9BrO2S. The number of hydrogen-bond donors (Lipinski definition) is 1. The molecule has 0 radical (unpaired) electrons. The highest BCUT2D eigenvalue weighted by Crippen LogP contribution is 2.44. The molecule has 0 aromatic carbocycles. The van der Waals surface area contributed by atoms with Gasteiger partial charge >= 0.3 is 5.97 Å². The lowest BCUT2D eigenvalue weighted by atomic mass is 9.97. The van der Waals surface area contributed by atoms with E-state index in [0.717, 1.165) is 22.2 Å². The second kappa shape index (κ2) is 3.42. The summed E-state index contributed by atoms with van der Waals surface area (Å²) in [6.07, 6.45) is 2.12. The van der Waals surface area contributed by atoms with Gasteiger partial charge in [0, 0.05) is 0 Å². The fourth-order valence-corrected chi connectivity index (χ4v) is 2.74. The molecule has 1 N–H and O–H groups in total. The first kappa shape index (κ1) is 9.21. The molecule has 0 saturated heterocycles. The minimum Gasteiger partial charge on any atom is -0.481 e. The molecule has 1 aliphatic carbocycles. The quantitative estimate of drug-likeness (QED) is 0.907. The van der Waals surface area contributed by atoms with Gasteiger partial charge in [-0.05, 0) is 51.7 Å². The zero-order chi connectivity index (χ0) is 9.42. The number of aliphatic carboxylic acids is 1. The van der Waals surface area contributed by atoms with Crippen LogP contribution >= 0.6 is 27.3 Å². The molecule has 1 atom stereocenters. The van der Waals surface area contributed by atoms with E-state index in [1.807, 2.05) is 11.4 Å². The maximum Gasteiger partial charge on any atom is 0.311 e. The predicted octanol–water partition coefficient (Wildman–Crippen LogP) is 3.09. The average molecular weight is 261 g/mol. The van der Waals surface area contributed by atoms with Crippen molar-refractivity contribution in [3.63, 3.8) is 0 Å². The van der Waals surface area contributed by atoms with Gasteiger partial charge in [0.2, 0.25) is 0 Å². The normalized spacial score (nSPS) is 18.5. The molecule has 1 heterocycles. The van der Waals surface area contributed by atoms with Crippen molar-refractivity contribution in [1.82, 2.24) is 0 Å². The predicted molar refractivity (Wildman–Crippen MR) is 55.1 cm³/mol. The third-order valence-corrected chi connectivity index (χ3v) is 3.83. The molecule has 0 spiro atoms. The molecule has 70 valence electrons. The summed E-state index contributed by atoms with van der Waals surface area (Å²) in [6, 6.07) is 1.92. The first-order valence-electron chi connectivity index (χ1n) is 4.15. The van der Waals surface area contributed by atoms with E-state index in [4.69, 9.17) is 5.11 Å². The van der Waals surface area contributed by atoms with Crippen molar-refractivity contribution in [3.05, 3.63) is 20.8 Å². The molecule has 1 saturated carbocycles. The van der Waals surface area contributed by atoms with E-state index in [-0.39, 0.29) is 5.92 Å². The highest BCUT2D eigenvalue weighted by molar-refractivity contribution is 9.11. The molecule has 1 aromatic heterocycles. The Hall–Kier alpha value is -0.350. The Labute approximate surface area is 88.7 Å². The minimum atomic E-state index is -0.687. The molecule has 2 rings (SSSR count). The number of hydrogen-bond acceptors (Lipinski definition) is 2. The van der Waals surface area contributed by atoms with Gasteiger partial charge in [-0.2, -0.15) is 0 Å². The van der Waals surface area contributed by atoms with Crippen LogP contribution in [0.2, 0.25) is 0 Å². The second-order valence-electron chi connectivity index (χ2n) is 3.34. The fraction of sp³-hybridized carbons (Fsp3) is 0.444. The summed E-state index contributed by atoms with van der Waals surface area (Å²) in [7, 11) is 0. The molecule has 1 fully saturated rings. The van der Waals surface area contributed by atoms with E-state index in [1.54, 1.807) is 11.3 Å². The third kappa shape index (κ3) is 1.94. The van der Waals surface area contributed by atoms with Gasteiger partial charge in [0.25, 0.3) is 0 Å². The monoisotopic (exact) mass is 260 g/mol. The van der Waals surface area contributed by atoms with Crippen molar-refractivity contribution < 1.29 is 9.90 Å². The van der Waals surface area contributed by atoms with Crippen molar-refractivity contribution in [2.45, 2.75) is 18.8 Å². The van der Waals surface area contributed by atoms with Gasteiger partial charge in [0.05, 0.1) is 9.70 Å². The van der Waals surface area contributed by atoms with Crippen LogP contribution in [0.3, 0.4) is 0 Å². The summed E-state index contributed by atoms with van der Waals surface area (Å²) in [6.45, 7) is 0. The van der Waals surface area contributed by atoms with Crippen LogP contribution < -0.4 is 0 Å². The molecule has 1 aromatic rings. The van der Waals surface area contributed by atoms with Crippen LogP contribution in [0.25, 0.3) is 0 Å². The number of carbonyl (C=O) groups is 1. The van der Waals surface area contributed by atoms with Gasteiger partial charge in [0.15, 0.2) is 0 Å². The lowest BCUT2D eigenvalue weighted by Crippen LogP contribution is -2.12. The molecular weight excluding hydrogens is 252 g/mol. The summed E-state index contributed by atoms with van der Waals surface area (Å²) in [5.41, 5.74) is 0.951. The maximum atomic E-state index is 11.0. The highest BCUT2D eigenvalue weighted by Gasteiger charge is 2.37. The van der Waals surface area contributed by atoms with Crippen LogP contribution in [-0.2, 0) is 4.79 Å². The third-order valence-electron chi connectivity index (χ3n) is 2.31. The maximum absolute atomic E-state index is 11.0.